The van der Waals surface area contributed by atoms with Crippen LogP contribution in [0.1, 0.15) is 43.2 Å². The Kier molecular flexibility index (Phi) is 7.99. The van der Waals surface area contributed by atoms with Crippen molar-refractivity contribution in [3.05, 3.63) is 59.7 Å². The maximum Gasteiger partial charge on any atom is 0.294 e. The quantitative estimate of drug-likeness (QED) is 0.656. The summed E-state index contributed by atoms with van der Waals surface area (Å²) in [5.74, 6) is 2.39. The van der Waals surface area contributed by atoms with Gasteiger partial charge in [0.1, 0.15) is 0 Å². The Morgan fingerprint density at radius 2 is 0.931 bits per heavy atom. The fourth-order valence-corrected chi connectivity index (χ4v) is 4.42. The monoisotopic (exact) mass is 440 g/mol. The normalized spacial score (nSPS) is 20.3. The van der Waals surface area contributed by atoms with Crippen LogP contribution in [0.4, 0.5) is 0 Å². The molecule has 2 aromatic rings. The molecule has 2 aromatic carbocycles. The molecule has 8 heteroatoms. The minimum absolute atomic E-state index is 0.0666. The molecular formula is C21H28O6S2. The molecule has 2 unspecified atom stereocenters. The molecule has 0 aliphatic heterocycles. The van der Waals surface area contributed by atoms with E-state index < -0.39 is 20.2 Å². The van der Waals surface area contributed by atoms with E-state index in [0.717, 1.165) is 11.1 Å². The van der Waals surface area contributed by atoms with Crippen LogP contribution in [0.2, 0.25) is 0 Å². The lowest BCUT2D eigenvalue weighted by molar-refractivity contribution is 0.219. The van der Waals surface area contributed by atoms with Crippen molar-refractivity contribution in [3.63, 3.8) is 0 Å². The van der Waals surface area contributed by atoms with E-state index >= 15 is 0 Å². The molecule has 2 N–H and O–H groups in total. The van der Waals surface area contributed by atoms with Gasteiger partial charge in [-0.25, -0.2) is 0 Å². The first kappa shape index (κ1) is 23.5. The molecule has 0 radical (unpaired) electrons. The predicted molar refractivity (Wildman–Crippen MR) is 112 cm³/mol. The third kappa shape index (κ3) is 7.54. The van der Waals surface area contributed by atoms with E-state index in [2.05, 4.69) is 0 Å². The summed E-state index contributed by atoms with van der Waals surface area (Å²) in [5, 5.41) is 0. The molecule has 0 bridgehead atoms. The van der Waals surface area contributed by atoms with Crippen molar-refractivity contribution in [3.8, 4) is 0 Å². The summed E-state index contributed by atoms with van der Waals surface area (Å²) in [6, 6.07) is 12.0. The van der Waals surface area contributed by atoms with Crippen molar-refractivity contribution in [2.24, 2.45) is 11.8 Å². The van der Waals surface area contributed by atoms with Crippen molar-refractivity contribution in [1.82, 2.24) is 0 Å². The van der Waals surface area contributed by atoms with Crippen molar-refractivity contribution < 1.29 is 25.9 Å². The molecule has 2 atom stereocenters. The van der Waals surface area contributed by atoms with E-state index in [1.54, 1.807) is 49.9 Å². The van der Waals surface area contributed by atoms with Crippen LogP contribution in [-0.4, -0.2) is 25.9 Å². The van der Waals surface area contributed by atoms with Gasteiger partial charge in [0.25, 0.3) is 20.2 Å². The van der Waals surface area contributed by atoms with Crippen molar-refractivity contribution in [2.45, 2.75) is 55.7 Å². The van der Waals surface area contributed by atoms with Gasteiger partial charge in [0.2, 0.25) is 0 Å². The van der Waals surface area contributed by atoms with Crippen LogP contribution in [0, 0.1) is 25.7 Å². The summed E-state index contributed by atoms with van der Waals surface area (Å²) in [5.41, 5.74) is 1.91. The minimum Gasteiger partial charge on any atom is -0.282 e. The lowest BCUT2D eigenvalue weighted by Gasteiger charge is -2.29. The number of aryl methyl sites for hydroxylation is 2. The molecule has 0 amide bonds. The Hall–Kier alpha value is -1.74. The Labute approximate surface area is 173 Å². The molecule has 0 saturated heterocycles. The fourth-order valence-electron chi connectivity index (χ4n) is 3.46. The first-order chi connectivity index (χ1) is 13.5. The third-order valence-electron chi connectivity index (χ3n) is 5.36. The van der Waals surface area contributed by atoms with Gasteiger partial charge in [-0.3, -0.25) is 9.11 Å². The summed E-state index contributed by atoms with van der Waals surface area (Å²) in [6.07, 6.45) is 7.78. The van der Waals surface area contributed by atoms with Crippen LogP contribution in [-0.2, 0) is 20.2 Å². The van der Waals surface area contributed by atoms with E-state index in [1.807, 2.05) is 13.8 Å². The zero-order valence-electron chi connectivity index (χ0n) is 16.7. The highest BCUT2D eigenvalue weighted by molar-refractivity contribution is 7.86. The van der Waals surface area contributed by atoms with E-state index in [1.165, 1.54) is 42.5 Å². The molecule has 2 fully saturated rings. The van der Waals surface area contributed by atoms with E-state index in [0.29, 0.717) is 0 Å². The average molecular weight is 441 g/mol. The molecule has 0 spiro atoms. The molecule has 2 aliphatic carbocycles. The van der Waals surface area contributed by atoms with E-state index in [4.69, 9.17) is 9.11 Å². The summed E-state index contributed by atoms with van der Waals surface area (Å²) >= 11 is 0. The lowest BCUT2D eigenvalue weighted by atomic mass is 9.77. The van der Waals surface area contributed by atoms with Crippen LogP contribution < -0.4 is 0 Å². The highest BCUT2D eigenvalue weighted by Gasteiger charge is 2.34. The van der Waals surface area contributed by atoms with Gasteiger partial charge in [0.05, 0.1) is 9.79 Å². The summed E-state index contributed by atoms with van der Waals surface area (Å²) in [6.45, 7) is 3.68. The fraction of sp³-hybridized carbons (Fsp3) is 0.429. The minimum atomic E-state index is -4.02. The van der Waals surface area contributed by atoms with Crippen molar-refractivity contribution >= 4 is 20.2 Å². The zero-order valence-corrected chi connectivity index (χ0v) is 18.3. The smallest absolute Gasteiger partial charge is 0.282 e. The summed E-state index contributed by atoms with van der Waals surface area (Å²) in [4.78, 5) is -0.133. The van der Waals surface area contributed by atoms with Crippen LogP contribution in [0.15, 0.2) is 58.3 Å². The SMILES string of the molecule is C1CC2CCC2C1.Cc1ccc(S(=O)(=O)O)cc1.Cc1ccc(S(=O)(=O)O)cc1. The van der Waals surface area contributed by atoms with E-state index in [-0.39, 0.29) is 9.79 Å². The number of benzene rings is 2. The first-order valence-electron chi connectivity index (χ1n) is 9.55. The van der Waals surface area contributed by atoms with Gasteiger partial charge in [0.15, 0.2) is 0 Å². The molecule has 2 saturated carbocycles. The van der Waals surface area contributed by atoms with Gasteiger partial charge in [-0.05, 0) is 62.8 Å². The van der Waals surface area contributed by atoms with E-state index in [9.17, 15) is 16.8 Å². The predicted octanol–water partition coefficient (Wildman–Crippen LogP) is 4.68. The highest BCUT2D eigenvalue weighted by Crippen LogP contribution is 2.46. The average Bonchev–Trinajstić information content (AvgIpc) is 2.93. The van der Waals surface area contributed by atoms with Gasteiger partial charge in [-0.1, -0.05) is 54.7 Å². The van der Waals surface area contributed by atoms with Crippen LogP contribution in [0.3, 0.4) is 0 Å². The van der Waals surface area contributed by atoms with Gasteiger partial charge in [-0.2, -0.15) is 16.8 Å². The largest absolute Gasteiger partial charge is 0.294 e. The molecular weight excluding hydrogens is 412 g/mol. The maximum absolute atomic E-state index is 10.5. The first-order valence-corrected chi connectivity index (χ1v) is 12.4. The van der Waals surface area contributed by atoms with Crippen LogP contribution in [0.25, 0.3) is 0 Å². The second-order valence-electron chi connectivity index (χ2n) is 7.60. The Morgan fingerprint density at radius 3 is 1.14 bits per heavy atom. The molecule has 160 valence electrons. The second kappa shape index (κ2) is 9.84. The topological polar surface area (TPSA) is 109 Å². The maximum atomic E-state index is 10.5. The molecule has 0 aromatic heterocycles. The van der Waals surface area contributed by atoms with Crippen molar-refractivity contribution in [2.75, 3.05) is 0 Å². The van der Waals surface area contributed by atoms with Gasteiger partial charge < -0.3 is 0 Å². The number of rotatable bonds is 2. The molecule has 0 heterocycles. The van der Waals surface area contributed by atoms with Gasteiger partial charge in [-0.15, -0.1) is 0 Å². The van der Waals surface area contributed by atoms with Crippen LogP contribution in [0.5, 0.6) is 0 Å². The van der Waals surface area contributed by atoms with Gasteiger partial charge >= 0.3 is 0 Å². The summed E-state index contributed by atoms with van der Waals surface area (Å²) < 4.78 is 59.1. The number of hydrogen-bond donors (Lipinski definition) is 2. The molecule has 29 heavy (non-hydrogen) atoms. The van der Waals surface area contributed by atoms with Crippen molar-refractivity contribution in [1.29, 1.82) is 0 Å². The van der Waals surface area contributed by atoms with Gasteiger partial charge in [0, 0.05) is 0 Å². The molecule has 2 aliphatic rings. The standard InChI is InChI=1S/2C7H8O3S.C7H12/c2*1-6-2-4-7(5-3-6)11(8,9)10;1-2-6-4-5-7(6)3-1/h2*2-5H,1H3,(H,8,9,10);6-7H,1-5H2. The molecule has 4 rings (SSSR count). The second-order valence-corrected chi connectivity index (χ2v) is 10.4. The molecule has 6 nitrogen and oxygen atoms in total. The third-order valence-corrected chi connectivity index (χ3v) is 7.10. The zero-order chi connectivity index (χ0) is 21.7. The Bertz CT molecular complexity index is 911. The number of fused-ring (bicyclic) bond motifs is 1. The highest BCUT2D eigenvalue weighted by atomic mass is 32.2. The Morgan fingerprint density at radius 1 is 0.621 bits per heavy atom. The summed E-state index contributed by atoms with van der Waals surface area (Å²) in [7, 11) is -8.04. The Balaban J connectivity index is 0.000000159. The van der Waals surface area contributed by atoms with Crippen LogP contribution >= 0.6 is 0 Å². The lowest BCUT2D eigenvalue weighted by Crippen LogP contribution is -2.18. The number of hydrogen-bond acceptors (Lipinski definition) is 4.